The summed E-state index contributed by atoms with van der Waals surface area (Å²) in [6.07, 6.45) is 6.30. The first kappa shape index (κ1) is 109. The van der Waals surface area contributed by atoms with E-state index in [9.17, 15) is 19.2 Å². The molecule has 0 aliphatic heterocycles. The summed E-state index contributed by atoms with van der Waals surface area (Å²) in [5.74, 6) is 3.78. The Labute approximate surface area is 744 Å². The summed E-state index contributed by atoms with van der Waals surface area (Å²) in [6.45, 7) is 10.2. The smallest absolute Gasteiger partial charge is 0.491 e. The average Bonchev–Trinajstić information content (AvgIpc) is 1.30. The summed E-state index contributed by atoms with van der Waals surface area (Å²) in [7, 11) is 0. The minimum absolute atomic E-state index is 0. The van der Waals surface area contributed by atoms with Crippen molar-refractivity contribution in [3.05, 3.63) is 380 Å². The minimum atomic E-state index is -1.75. The molecule has 46 heteroatoms. The Hall–Kier alpha value is -12.9. The Morgan fingerprint density at radius 2 is 0.483 bits per heavy atom. The quantitative estimate of drug-likeness (QED) is 0.0169. The Kier molecular flexibility index (Phi) is 62.1. The van der Waals surface area contributed by atoms with Gasteiger partial charge in [0, 0.05) is 52.5 Å². The number of nitrogens with one attached hydrogen (secondary N) is 4. The number of hydrogen-bond donors (Lipinski definition) is 6. The van der Waals surface area contributed by atoms with Crippen molar-refractivity contribution in [3.8, 4) is 23.0 Å². The van der Waals surface area contributed by atoms with Gasteiger partial charge in [-0.15, -0.1) is 0 Å². The Bertz CT molecular complexity index is 3870. The molecule has 4 heterocycles. The van der Waals surface area contributed by atoms with Crippen molar-refractivity contribution in [2.75, 3.05) is 65.8 Å². The zero-order chi connectivity index (χ0) is 87.7. The number of benzene rings is 6. The molecule has 44 nitrogen and oxygen atoms in total. The van der Waals surface area contributed by atoms with Gasteiger partial charge in [-0.3, -0.25) is 29.0 Å². The number of aliphatic hydroxyl groups is 2. The summed E-state index contributed by atoms with van der Waals surface area (Å²) in [4.78, 5) is 105. The van der Waals surface area contributed by atoms with Crippen molar-refractivity contribution in [3.63, 3.8) is 0 Å². The second-order valence-corrected chi connectivity index (χ2v) is 21.9. The molecule has 0 aliphatic rings. The van der Waals surface area contributed by atoms with Crippen LogP contribution >= 0.6 is 0 Å². The number of ether oxygens (including phenoxy) is 4. The van der Waals surface area contributed by atoms with E-state index in [1.54, 1.807) is 112 Å². The maximum absolute atomic E-state index is 12.9. The molecule has 4 aromatic heterocycles. The Morgan fingerprint density at radius 3 is 0.658 bits per heavy atom. The van der Waals surface area contributed by atoms with Gasteiger partial charge in [-0.25, -0.2) is 0 Å². The van der Waals surface area contributed by atoms with Gasteiger partial charge >= 0.3 is 77.2 Å². The summed E-state index contributed by atoms with van der Waals surface area (Å²) in [6, 6.07) is 63.4. The van der Waals surface area contributed by atoms with Crippen LogP contribution in [0.1, 0.15) is 89.4 Å². The van der Waals surface area contributed by atoms with Crippen LogP contribution in [0, 0.1) is 169 Å². The molecule has 0 spiro atoms. The maximum atomic E-state index is 12.9. The van der Waals surface area contributed by atoms with Crippen LogP contribution in [-0.2, 0) is 39.3 Å². The van der Waals surface area contributed by atoms with Crippen molar-refractivity contribution in [1.29, 1.82) is 0 Å². The van der Waals surface area contributed by atoms with E-state index in [4.69, 9.17) is 139 Å². The molecular weight excluding hydrogens is 1890 g/mol. The van der Waals surface area contributed by atoms with Crippen molar-refractivity contribution >= 4 is 23.6 Å². The zero-order valence-electron chi connectivity index (χ0n) is 63.6. The molecule has 0 radical (unpaired) electrons. The van der Waals surface area contributed by atoms with Crippen LogP contribution in [0.3, 0.4) is 0 Å². The van der Waals surface area contributed by atoms with Crippen molar-refractivity contribution in [2.45, 2.75) is 53.1 Å². The molecule has 0 bridgehead atoms. The number of furan rings is 4. The Balaban J connectivity index is 0. The molecule has 0 saturated heterocycles. The van der Waals surface area contributed by atoms with Crippen LogP contribution in [0.15, 0.2) is 249 Å². The molecule has 648 valence electrons. The summed E-state index contributed by atoms with van der Waals surface area (Å²) >= 11 is 0. The molecule has 0 unspecified atom stereocenters. The van der Waals surface area contributed by atoms with Crippen LogP contribution in [0.4, 0.5) is 0 Å². The third-order valence-corrected chi connectivity index (χ3v) is 13.7. The number of hydrogen-bond acceptors (Lipinski definition) is 34. The zero-order valence-corrected chi connectivity index (χ0v) is 67.9. The van der Waals surface area contributed by atoms with E-state index in [1.165, 1.54) is 0 Å². The molecule has 0 aliphatic carbocycles. The molecule has 0 saturated carbocycles. The Morgan fingerprint density at radius 1 is 0.308 bits per heavy atom. The van der Waals surface area contributed by atoms with Gasteiger partial charge < -0.3 is 160 Å². The summed E-state index contributed by atoms with van der Waals surface area (Å²) in [5, 5.41) is 115. The van der Waals surface area contributed by atoms with Crippen LogP contribution in [0.5, 0.6) is 23.0 Å². The predicted molar refractivity (Wildman–Crippen MR) is 418 cm³/mol. The van der Waals surface area contributed by atoms with Gasteiger partial charge in [0.25, 0.3) is 23.6 Å². The molecule has 4 amide bonds. The van der Waals surface area contributed by atoms with Crippen molar-refractivity contribution in [1.82, 2.24) is 31.1 Å². The second kappa shape index (κ2) is 68.2. The fraction of sp³-hybridized carbons (Fsp3) is 0.243. The average molecular weight is 1970 g/mol. The molecule has 10 rings (SSSR count). The molecule has 120 heavy (non-hydrogen) atoms. The van der Waals surface area contributed by atoms with Gasteiger partial charge in [0.05, 0.1) is 104 Å². The third-order valence-electron chi connectivity index (χ3n) is 13.7. The fourth-order valence-corrected chi connectivity index (χ4v) is 9.19. The number of para-hydroxylation sites is 4. The van der Waals surface area contributed by atoms with Gasteiger partial charge in [-0.1, -0.05) is 109 Å². The predicted octanol–water partition coefficient (Wildman–Crippen LogP) is 9.95. The fourth-order valence-electron chi connectivity index (χ4n) is 9.19. The van der Waals surface area contributed by atoms with Crippen LogP contribution in [0.2, 0.25) is 0 Å². The summed E-state index contributed by atoms with van der Waals surface area (Å²) in [5.41, 5.74) is 4.14. The van der Waals surface area contributed by atoms with Crippen LogP contribution < -0.4 is 40.2 Å². The number of amides is 4. The standard InChI is InChI=1S/2C35H35N3O6.2C2H6O.6NO3.2Tb/c2*39-34(36-24-28-12-8-20-41-28)30-14-4-6-16-32(30)43-22-18-38(26-27-10-2-1-3-11-27)19-23-44-33-17-7-5-15-31(33)35(40)37-25-29-13-9-21-42-29;2*1-2-3;6*2-1(3)4;;/h2*1-17,20-21H,18-19,22-26H2,(H,36,39)(H,37,40);2*3H,2H2,1H3;;;;;;;;/q;;;;6*-1;2*+3. The van der Waals surface area contributed by atoms with Crippen LogP contribution in [0.25, 0.3) is 0 Å². The first-order chi connectivity index (χ1) is 56.5. The van der Waals surface area contributed by atoms with E-state index in [-0.39, 0.29) is 114 Å². The molecule has 0 atom stereocenters. The first-order valence-corrected chi connectivity index (χ1v) is 34.3. The molecule has 6 N–H and O–H groups in total. The molecular formula is C74H82N12O32Tb2. The van der Waals surface area contributed by atoms with Crippen molar-refractivity contribution in [2.24, 2.45) is 0 Å². The largest absolute Gasteiger partial charge is 3.00 e. The number of aliphatic hydroxyl groups excluding tert-OH is 2. The van der Waals surface area contributed by atoms with E-state index >= 15 is 0 Å². The number of rotatable bonds is 32. The van der Waals surface area contributed by atoms with Gasteiger partial charge in [-0.2, -0.15) is 0 Å². The van der Waals surface area contributed by atoms with Gasteiger partial charge in [0.15, 0.2) is 0 Å². The number of nitrogens with zero attached hydrogens (tertiary/aromatic N) is 8. The SMILES string of the molecule is CCO.CCO.O=C(NCc1ccco1)c1ccccc1OCCN(CCOc1ccccc1C(=O)NCc1ccco1)Cc1ccccc1.O=C(NCc1ccco1)c1ccccc1OCCN(CCOc1ccccc1C(=O)NCc1ccco1)Cc1ccccc1.O=[N+]([O-])[O-].O=[N+]([O-])[O-].O=[N+]([O-])[O-].O=[N+]([O-])[O-].O=[N+]([O-])[O-].O=[N+]([O-])[O-].[Tb+3].[Tb+3]. The maximum Gasteiger partial charge on any atom is 3.00 e. The van der Waals surface area contributed by atoms with E-state index < -0.39 is 30.5 Å². The van der Waals surface area contributed by atoms with Gasteiger partial charge in [-0.05, 0) is 122 Å². The third kappa shape index (κ3) is 55.6. The molecule has 6 aromatic carbocycles. The van der Waals surface area contributed by atoms with Gasteiger partial charge in [0.1, 0.15) is 72.5 Å². The van der Waals surface area contributed by atoms with E-state index in [0.717, 1.165) is 11.1 Å². The van der Waals surface area contributed by atoms with E-state index in [1.807, 2.05) is 109 Å². The molecule has 10 aromatic rings. The summed E-state index contributed by atoms with van der Waals surface area (Å²) < 4.78 is 45.7. The van der Waals surface area contributed by atoms with Gasteiger partial charge in [0.2, 0.25) is 0 Å². The first-order valence-electron chi connectivity index (χ1n) is 34.3. The van der Waals surface area contributed by atoms with Crippen LogP contribution in [-0.4, -0.2) is 140 Å². The van der Waals surface area contributed by atoms with Crippen molar-refractivity contribution < 1.29 is 174 Å². The normalized spacial score (nSPS) is 9.45. The van der Waals surface area contributed by atoms with E-state index in [2.05, 4.69) is 55.3 Å². The second-order valence-electron chi connectivity index (χ2n) is 21.9. The molecule has 0 fully saturated rings. The number of carbonyl (C=O) groups excluding carboxylic acids is 4. The number of carbonyl (C=O) groups is 4. The minimum Gasteiger partial charge on any atom is -0.491 e. The van der Waals surface area contributed by atoms with E-state index in [0.29, 0.717) is 160 Å². The monoisotopic (exact) mass is 1970 g/mol. The topological polar surface area (TPSA) is 650 Å².